The van der Waals surface area contributed by atoms with Gasteiger partial charge in [-0.2, -0.15) is 13.2 Å². The zero-order chi connectivity index (χ0) is 15.5. The molecular weight excluding hydrogens is 293 g/mol. The highest BCUT2D eigenvalue weighted by atomic mass is 35.5. The minimum Gasteiger partial charge on any atom is -0.323 e. The molecule has 0 radical (unpaired) electrons. The summed E-state index contributed by atoms with van der Waals surface area (Å²) < 4.78 is 37.4. The second kappa shape index (κ2) is 6.45. The predicted molar refractivity (Wildman–Crippen MR) is 72.5 cm³/mol. The average Bonchev–Trinajstić information content (AvgIpc) is 2.29. The molecule has 0 fully saturated rings. The molecule has 3 nitrogen and oxygen atoms in total. The van der Waals surface area contributed by atoms with Crippen LogP contribution >= 0.6 is 11.6 Å². The third kappa shape index (κ3) is 4.68. The van der Waals surface area contributed by atoms with E-state index in [9.17, 15) is 18.0 Å². The van der Waals surface area contributed by atoms with E-state index in [2.05, 4.69) is 5.32 Å². The van der Waals surface area contributed by atoms with Crippen molar-refractivity contribution in [3.05, 3.63) is 28.8 Å². The molecule has 0 aromatic heterocycles. The van der Waals surface area contributed by atoms with Crippen LogP contribution in [0.15, 0.2) is 18.2 Å². The van der Waals surface area contributed by atoms with Crippen molar-refractivity contribution in [2.24, 2.45) is 11.7 Å². The molecule has 7 heteroatoms. The molecule has 1 aromatic rings. The number of benzene rings is 1. The summed E-state index contributed by atoms with van der Waals surface area (Å²) in [4.78, 5) is 11.8. The Bertz CT molecular complexity index is 489. The second-order valence-corrected chi connectivity index (χ2v) is 5.32. The highest BCUT2D eigenvalue weighted by Gasteiger charge is 2.31. The van der Waals surface area contributed by atoms with Crippen LogP contribution in [0.25, 0.3) is 0 Å². The normalized spacial score (nSPS) is 13.4. The number of nitrogens with one attached hydrogen (secondary N) is 1. The first-order valence-corrected chi connectivity index (χ1v) is 6.42. The van der Waals surface area contributed by atoms with E-state index >= 15 is 0 Å². The van der Waals surface area contributed by atoms with Crippen molar-refractivity contribution >= 4 is 23.2 Å². The summed E-state index contributed by atoms with van der Waals surface area (Å²) in [6.07, 6.45) is -4.00. The Morgan fingerprint density at radius 1 is 1.40 bits per heavy atom. The number of halogens is 4. The van der Waals surface area contributed by atoms with Gasteiger partial charge in [0.15, 0.2) is 0 Å². The summed E-state index contributed by atoms with van der Waals surface area (Å²) in [6, 6.07) is 2.01. The topological polar surface area (TPSA) is 55.1 Å². The summed E-state index contributed by atoms with van der Waals surface area (Å²) in [5.41, 5.74) is 4.93. The number of nitrogens with two attached hydrogens (primary N) is 1. The SMILES string of the molecule is CC(C)C[C@H](N)C(=O)Nc1ccc(C(F)(F)F)cc1Cl. The smallest absolute Gasteiger partial charge is 0.323 e. The van der Waals surface area contributed by atoms with Crippen molar-refractivity contribution < 1.29 is 18.0 Å². The summed E-state index contributed by atoms with van der Waals surface area (Å²) >= 11 is 5.73. The molecule has 112 valence electrons. The summed E-state index contributed by atoms with van der Waals surface area (Å²) in [5, 5.41) is 2.25. The molecule has 0 bridgehead atoms. The van der Waals surface area contributed by atoms with Crippen LogP contribution in [0.1, 0.15) is 25.8 Å². The number of carbonyl (C=O) groups excluding carboxylic acids is 1. The number of hydrogen-bond acceptors (Lipinski definition) is 2. The molecular formula is C13H16ClF3N2O. The molecule has 0 heterocycles. The predicted octanol–water partition coefficient (Wildman–Crippen LogP) is 3.67. The van der Waals surface area contributed by atoms with Crippen molar-refractivity contribution in [1.82, 2.24) is 0 Å². The molecule has 1 atom stereocenters. The highest BCUT2D eigenvalue weighted by Crippen LogP contribution is 2.33. The van der Waals surface area contributed by atoms with Crippen LogP contribution in [0.5, 0.6) is 0 Å². The fourth-order valence-corrected chi connectivity index (χ4v) is 1.86. The number of amides is 1. The number of alkyl halides is 3. The van der Waals surface area contributed by atoms with Gasteiger partial charge in [0.2, 0.25) is 5.91 Å². The summed E-state index contributed by atoms with van der Waals surface area (Å²) in [5.74, 6) is -0.237. The lowest BCUT2D eigenvalue weighted by atomic mass is 10.0. The van der Waals surface area contributed by atoms with Crippen LogP contribution in [0.2, 0.25) is 5.02 Å². The molecule has 0 unspecified atom stereocenters. The first kappa shape index (κ1) is 16.8. The number of rotatable bonds is 4. The van der Waals surface area contributed by atoms with E-state index in [0.717, 1.165) is 18.2 Å². The zero-order valence-electron chi connectivity index (χ0n) is 11.1. The van der Waals surface area contributed by atoms with E-state index in [4.69, 9.17) is 17.3 Å². The maximum Gasteiger partial charge on any atom is 0.416 e. The lowest BCUT2D eigenvalue weighted by Gasteiger charge is -2.15. The second-order valence-electron chi connectivity index (χ2n) is 4.92. The lowest BCUT2D eigenvalue weighted by molar-refractivity contribution is -0.137. The minimum atomic E-state index is -4.47. The number of carbonyl (C=O) groups is 1. The number of anilines is 1. The van der Waals surface area contributed by atoms with Crippen LogP contribution < -0.4 is 11.1 Å². The van der Waals surface area contributed by atoms with E-state index in [1.807, 2.05) is 13.8 Å². The first-order chi connectivity index (χ1) is 9.11. The summed E-state index contributed by atoms with van der Waals surface area (Å²) in [6.45, 7) is 3.83. The van der Waals surface area contributed by atoms with Crippen molar-refractivity contribution in [3.63, 3.8) is 0 Å². The fourth-order valence-electron chi connectivity index (χ4n) is 1.63. The van der Waals surface area contributed by atoms with Crippen LogP contribution in [0.4, 0.5) is 18.9 Å². The largest absolute Gasteiger partial charge is 0.416 e. The molecule has 1 amide bonds. The van der Waals surface area contributed by atoms with Crippen molar-refractivity contribution in [2.45, 2.75) is 32.5 Å². The highest BCUT2D eigenvalue weighted by molar-refractivity contribution is 6.33. The average molecular weight is 309 g/mol. The van der Waals surface area contributed by atoms with Gasteiger partial charge < -0.3 is 11.1 Å². The molecule has 0 saturated heterocycles. The molecule has 0 spiro atoms. The Hall–Kier alpha value is -1.27. The van der Waals surface area contributed by atoms with Crippen molar-refractivity contribution in [1.29, 1.82) is 0 Å². The van der Waals surface area contributed by atoms with Gasteiger partial charge in [-0.25, -0.2) is 0 Å². The van der Waals surface area contributed by atoms with Gasteiger partial charge in [0.25, 0.3) is 0 Å². The Morgan fingerprint density at radius 2 is 2.00 bits per heavy atom. The van der Waals surface area contributed by atoms with E-state index in [-0.39, 0.29) is 16.6 Å². The Labute approximate surface area is 120 Å². The monoisotopic (exact) mass is 308 g/mol. The standard InChI is InChI=1S/C13H16ClF3N2O/c1-7(2)5-10(18)12(20)19-11-4-3-8(6-9(11)14)13(15,16)17/h3-4,6-7,10H,5,18H2,1-2H3,(H,19,20)/t10-/m0/s1. The molecule has 0 aliphatic carbocycles. The van der Waals surface area contributed by atoms with E-state index in [1.54, 1.807) is 0 Å². The third-order valence-electron chi connectivity index (χ3n) is 2.62. The van der Waals surface area contributed by atoms with Crippen molar-refractivity contribution in [2.75, 3.05) is 5.32 Å². The van der Waals surface area contributed by atoms with Crippen molar-refractivity contribution in [3.8, 4) is 0 Å². The first-order valence-electron chi connectivity index (χ1n) is 6.04. The molecule has 1 rings (SSSR count). The third-order valence-corrected chi connectivity index (χ3v) is 2.93. The zero-order valence-corrected chi connectivity index (χ0v) is 11.8. The van der Waals surface area contributed by atoms with Gasteiger partial charge in [0.05, 0.1) is 22.3 Å². The van der Waals surface area contributed by atoms with Crippen LogP contribution in [0, 0.1) is 5.92 Å². The molecule has 1 aromatic carbocycles. The Kier molecular flexibility index (Phi) is 5.42. The van der Waals surface area contributed by atoms with Crippen LogP contribution in [-0.2, 0) is 11.0 Å². The van der Waals surface area contributed by atoms with Gasteiger partial charge in [-0.1, -0.05) is 25.4 Å². The maximum atomic E-state index is 12.5. The Morgan fingerprint density at radius 3 is 2.45 bits per heavy atom. The van der Waals surface area contributed by atoms with Gasteiger partial charge in [-0.05, 0) is 30.5 Å². The van der Waals surface area contributed by atoms with E-state index < -0.39 is 23.7 Å². The fraction of sp³-hybridized carbons (Fsp3) is 0.462. The van der Waals surface area contributed by atoms with Gasteiger partial charge in [-0.15, -0.1) is 0 Å². The van der Waals surface area contributed by atoms with Gasteiger partial charge in [0, 0.05) is 0 Å². The molecule has 0 saturated carbocycles. The number of hydrogen-bond donors (Lipinski definition) is 2. The Balaban J connectivity index is 2.81. The van der Waals surface area contributed by atoms with Gasteiger partial charge in [0.1, 0.15) is 0 Å². The van der Waals surface area contributed by atoms with Gasteiger partial charge >= 0.3 is 6.18 Å². The van der Waals surface area contributed by atoms with E-state index in [0.29, 0.717) is 6.42 Å². The minimum absolute atomic E-state index is 0.115. The molecule has 0 aliphatic rings. The van der Waals surface area contributed by atoms with E-state index in [1.165, 1.54) is 0 Å². The quantitative estimate of drug-likeness (QED) is 0.891. The van der Waals surface area contributed by atoms with Gasteiger partial charge in [-0.3, -0.25) is 4.79 Å². The van der Waals surface area contributed by atoms with Crippen LogP contribution in [-0.4, -0.2) is 11.9 Å². The molecule has 0 aliphatic heterocycles. The maximum absolute atomic E-state index is 12.5. The molecule has 20 heavy (non-hydrogen) atoms. The lowest BCUT2D eigenvalue weighted by Crippen LogP contribution is -2.36. The molecule has 3 N–H and O–H groups in total. The summed E-state index contributed by atoms with van der Waals surface area (Å²) in [7, 11) is 0. The van der Waals surface area contributed by atoms with Crippen LogP contribution in [0.3, 0.4) is 0 Å².